The lowest BCUT2D eigenvalue weighted by Gasteiger charge is -2.18. The molecule has 0 aromatic rings. The van der Waals surface area contributed by atoms with Gasteiger partial charge in [-0.25, -0.2) is 4.79 Å². The average molecular weight is 196 g/mol. The summed E-state index contributed by atoms with van der Waals surface area (Å²) in [6.07, 6.45) is 6.73. The van der Waals surface area contributed by atoms with Crippen molar-refractivity contribution in [2.45, 2.75) is 25.7 Å². The zero-order valence-corrected chi connectivity index (χ0v) is 8.15. The van der Waals surface area contributed by atoms with Crippen molar-refractivity contribution in [3.8, 4) is 0 Å². The highest BCUT2D eigenvalue weighted by atomic mass is 16.4. The Hall–Kier alpha value is -0.830. The summed E-state index contributed by atoms with van der Waals surface area (Å²) < 4.78 is 0. The third-order valence-corrected chi connectivity index (χ3v) is 3.65. The standard InChI is InChI=1S/C11H16O3/c12-6-10(11(13)14)5-9-4-7-1-2-8(9)3-7/h5,7-9,12H,1-4,6H2,(H,13,14). The fourth-order valence-electron chi connectivity index (χ4n) is 2.95. The molecule has 2 fully saturated rings. The molecule has 2 aliphatic rings. The van der Waals surface area contributed by atoms with Crippen molar-refractivity contribution in [3.63, 3.8) is 0 Å². The van der Waals surface area contributed by atoms with Crippen LogP contribution in [-0.4, -0.2) is 22.8 Å². The minimum absolute atomic E-state index is 0.169. The number of carboxylic acids is 1. The van der Waals surface area contributed by atoms with Crippen molar-refractivity contribution in [1.29, 1.82) is 0 Å². The molecule has 3 atom stereocenters. The lowest BCUT2D eigenvalue weighted by Crippen LogP contribution is -2.12. The molecule has 2 bridgehead atoms. The molecule has 0 heterocycles. The van der Waals surface area contributed by atoms with E-state index in [1.54, 1.807) is 6.08 Å². The van der Waals surface area contributed by atoms with Crippen LogP contribution in [0.4, 0.5) is 0 Å². The third kappa shape index (κ3) is 1.69. The monoisotopic (exact) mass is 196 g/mol. The topological polar surface area (TPSA) is 57.5 Å². The number of fused-ring (bicyclic) bond motifs is 2. The molecule has 3 unspecified atom stereocenters. The van der Waals surface area contributed by atoms with E-state index in [-0.39, 0.29) is 12.2 Å². The Kier molecular flexibility index (Phi) is 2.59. The summed E-state index contributed by atoms with van der Waals surface area (Å²) in [5.41, 5.74) is 0.169. The number of carboxylic acid groups (broad SMARTS) is 1. The third-order valence-electron chi connectivity index (χ3n) is 3.65. The number of rotatable bonds is 3. The van der Waals surface area contributed by atoms with E-state index < -0.39 is 5.97 Å². The zero-order valence-electron chi connectivity index (χ0n) is 8.15. The first-order chi connectivity index (χ1) is 6.70. The lowest BCUT2D eigenvalue weighted by molar-refractivity contribution is -0.133. The Labute approximate surface area is 83.4 Å². The van der Waals surface area contributed by atoms with E-state index in [0.29, 0.717) is 11.8 Å². The number of allylic oxidation sites excluding steroid dienone is 1. The number of aliphatic hydroxyl groups excluding tert-OH is 1. The highest BCUT2D eigenvalue weighted by Gasteiger charge is 2.38. The van der Waals surface area contributed by atoms with Crippen LogP contribution < -0.4 is 0 Å². The van der Waals surface area contributed by atoms with Crippen molar-refractivity contribution in [2.75, 3.05) is 6.61 Å². The molecule has 2 aliphatic carbocycles. The molecule has 0 radical (unpaired) electrons. The number of carbonyl (C=O) groups is 1. The van der Waals surface area contributed by atoms with Crippen LogP contribution in [0, 0.1) is 17.8 Å². The maximum atomic E-state index is 10.7. The molecule has 0 spiro atoms. The van der Waals surface area contributed by atoms with E-state index in [2.05, 4.69) is 0 Å². The first-order valence-electron chi connectivity index (χ1n) is 5.25. The smallest absolute Gasteiger partial charge is 0.333 e. The van der Waals surface area contributed by atoms with Crippen LogP contribution in [0.1, 0.15) is 25.7 Å². The van der Waals surface area contributed by atoms with E-state index in [4.69, 9.17) is 10.2 Å². The second-order valence-electron chi connectivity index (χ2n) is 4.49. The van der Waals surface area contributed by atoms with Gasteiger partial charge in [0.05, 0.1) is 12.2 Å². The zero-order chi connectivity index (χ0) is 10.1. The summed E-state index contributed by atoms with van der Waals surface area (Å²) in [5, 5.41) is 17.7. The number of aliphatic hydroxyl groups is 1. The van der Waals surface area contributed by atoms with E-state index in [9.17, 15) is 4.79 Å². The largest absolute Gasteiger partial charge is 0.478 e. The molecule has 0 aliphatic heterocycles. The Morgan fingerprint density at radius 1 is 1.36 bits per heavy atom. The van der Waals surface area contributed by atoms with Gasteiger partial charge in [-0.3, -0.25) is 0 Å². The highest BCUT2D eigenvalue weighted by Crippen LogP contribution is 2.49. The van der Waals surface area contributed by atoms with E-state index >= 15 is 0 Å². The van der Waals surface area contributed by atoms with Gasteiger partial charge in [-0.05, 0) is 37.0 Å². The highest BCUT2D eigenvalue weighted by molar-refractivity contribution is 5.86. The van der Waals surface area contributed by atoms with Crippen molar-refractivity contribution >= 4 is 5.97 Å². The van der Waals surface area contributed by atoms with E-state index in [1.165, 1.54) is 19.3 Å². The predicted molar refractivity (Wildman–Crippen MR) is 51.7 cm³/mol. The van der Waals surface area contributed by atoms with Gasteiger partial charge in [0.2, 0.25) is 0 Å². The summed E-state index contributed by atoms with van der Waals surface area (Å²) in [4.78, 5) is 10.7. The first kappa shape index (κ1) is 9.71. The number of aliphatic carboxylic acids is 1. The average Bonchev–Trinajstić information content (AvgIpc) is 2.74. The molecule has 78 valence electrons. The van der Waals surface area contributed by atoms with Crippen LogP contribution >= 0.6 is 0 Å². The molecule has 2 N–H and O–H groups in total. The number of hydrogen-bond acceptors (Lipinski definition) is 2. The van der Waals surface area contributed by atoms with Gasteiger partial charge in [-0.15, -0.1) is 0 Å². The maximum absolute atomic E-state index is 10.7. The van der Waals surface area contributed by atoms with Crippen LogP contribution in [0.3, 0.4) is 0 Å². The Balaban J connectivity index is 2.06. The van der Waals surface area contributed by atoms with Crippen molar-refractivity contribution in [1.82, 2.24) is 0 Å². The van der Waals surface area contributed by atoms with Crippen LogP contribution in [-0.2, 0) is 4.79 Å². The Bertz CT molecular complexity index is 270. The first-order valence-corrected chi connectivity index (χ1v) is 5.25. The van der Waals surface area contributed by atoms with Gasteiger partial charge in [0.25, 0.3) is 0 Å². The molecule has 0 amide bonds. The van der Waals surface area contributed by atoms with Crippen molar-refractivity contribution in [3.05, 3.63) is 11.6 Å². The van der Waals surface area contributed by atoms with Gasteiger partial charge in [0, 0.05) is 0 Å². The summed E-state index contributed by atoms with van der Waals surface area (Å²) in [6.45, 7) is -0.344. The second-order valence-corrected chi connectivity index (χ2v) is 4.49. The molecular formula is C11H16O3. The molecule has 14 heavy (non-hydrogen) atoms. The molecule has 3 nitrogen and oxygen atoms in total. The Morgan fingerprint density at radius 3 is 2.57 bits per heavy atom. The summed E-state index contributed by atoms with van der Waals surface area (Å²) >= 11 is 0. The minimum Gasteiger partial charge on any atom is -0.478 e. The normalized spacial score (nSPS) is 36.4. The molecule has 0 aromatic heterocycles. The minimum atomic E-state index is -0.977. The molecule has 0 saturated heterocycles. The van der Waals surface area contributed by atoms with Crippen molar-refractivity contribution in [2.24, 2.45) is 17.8 Å². The van der Waals surface area contributed by atoms with Crippen LogP contribution in [0.25, 0.3) is 0 Å². The van der Waals surface area contributed by atoms with Gasteiger partial charge >= 0.3 is 5.97 Å². The summed E-state index contributed by atoms with van der Waals surface area (Å²) in [5.74, 6) is 0.929. The van der Waals surface area contributed by atoms with Crippen molar-refractivity contribution < 1.29 is 15.0 Å². The van der Waals surface area contributed by atoms with Crippen LogP contribution in [0.2, 0.25) is 0 Å². The molecule has 3 heteroatoms. The lowest BCUT2D eigenvalue weighted by atomic mass is 9.87. The summed E-state index contributed by atoms with van der Waals surface area (Å²) in [6, 6.07) is 0. The molecule has 0 aromatic carbocycles. The van der Waals surface area contributed by atoms with Gasteiger partial charge in [0.15, 0.2) is 0 Å². The van der Waals surface area contributed by atoms with Gasteiger partial charge in [-0.2, -0.15) is 0 Å². The van der Waals surface area contributed by atoms with Gasteiger partial charge < -0.3 is 10.2 Å². The maximum Gasteiger partial charge on any atom is 0.333 e. The fraction of sp³-hybridized carbons (Fsp3) is 0.727. The van der Waals surface area contributed by atoms with Gasteiger partial charge in [-0.1, -0.05) is 12.5 Å². The number of hydrogen-bond donors (Lipinski definition) is 2. The van der Waals surface area contributed by atoms with E-state index in [0.717, 1.165) is 12.3 Å². The summed E-state index contributed by atoms with van der Waals surface area (Å²) in [7, 11) is 0. The molecule has 2 rings (SSSR count). The van der Waals surface area contributed by atoms with Crippen LogP contribution in [0.15, 0.2) is 11.6 Å². The Morgan fingerprint density at radius 2 is 2.14 bits per heavy atom. The quantitative estimate of drug-likeness (QED) is 0.671. The SMILES string of the molecule is O=C(O)C(=CC1CC2CCC1C2)CO. The molecule has 2 saturated carbocycles. The van der Waals surface area contributed by atoms with E-state index in [1.807, 2.05) is 0 Å². The fourth-order valence-corrected chi connectivity index (χ4v) is 2.95. The predicted octanol–water partition coefficient (Wildman–Crippen LogP) is 1.43. The second kappa shape index (κ2) is 3.73. The van der Waals surface area contributed by atoms with Crippen LogP contribution in [0.5, 0.6) is 0 Å². The molecular weight excluding hydrogens is 180 g/mol. The van der Waals surface area contributed by atoms with Gasteiger partial charge in [0.1, 0.15) is 0 Å².